The molecule has 0 unspecified atom stereocenters. The highest BCUT2D eigenvalue weighted by Gasteiger charge is 2.28. The van der Waals surface area contributed by atoms with Crippen molar-refractivity contribution in [2.75, 3.05) is 41.4 Å². The maximum absolute atomic E-state index is 6.06. The summed E-state index contributed by atoms with van der Waals surface area (Å²) in [5.41, 5.74) is 26.7. The second kappa shape index (κ2) is 6.99. The summed E-state index contributed by atoms with van der Waals surface area (Å²) in [6, 6.07) is -0.0553. The first-order valence-electron chi connectivity index (χ1n) is 8.19. The Kier molecular flexibility index (Phi) is 4.96. The topological polar surface area (TPSA) is 187 Å². The van der Waals surface area contributed by atoms with Gasteiger partial charge < -0.3 is 32.7 Å². The molecule has 2 aliphatic rings. The lowest BCUT2D eigenvalue weighted by Gasteiger charge is -2.36. The van der Waals surface area contributed by atoms with Gasteiger partial charge in [-0.15, -0.1) is 0 Å². The molecule has 11 N–H and O–H groups in total. The number of nitrogens with one attached hydrogen (secondary N) is 1. The smallest absolute Gasteiger partial charge is 0.243 e. The van der Waals surface area contributed by atoms with E-state index in [4.69, 9.17) is 28.8 Å². The molecule has 0 aromatic carbocycles. The van der Waals surface area contributed by atoms with Gasteiger partial charge in [-0.3, -0.25) is 5.43 Å². The first-order chi connectivity index (χ1) is 11.4. The van der Waals surface area contributed by atoms with Crippen LogP contribution >= 0.6 is 0 Å². The summed E-state index contributed by atoms with van der Waals surface area (Å²) >= 11 is 0. The molecule has 11 heteroatoms. The Morgan fingerprint density at radius 3 is 1.42 bits per heavy atom. The Hall–Kier alpha value is -1.79. The standard InChI is InChI=1S/C13H27N11/c14-7-1-8(15)4-23(3-7)12-19-11(22-18)20-13(21-12)24-5-9(16)2-10(17)6-24/h7-10H,1-6,14-18H2,(H,19,20,21,22)/t7-,8-,9-,10-/m0/s1. The highest BCUT2D eigenvalue weighted by Crippen LogP contribution is 2.21. The number of piperidine rings is 2. The van der Waals surface area contributed by atoms with Crippen LogP contribution in [0.25, 0.3) is 0 Å². The van der Waals surface area contributed by atoms with E-state index in [2.05, 4.69) is 20.4 Å². The van der Waals surface area contributed by atoms with Crippen LogP contribution in [0.5, 0.6) is 0 Å². The Balaban J connectivity index is 1.88. The number of anilines is 3. The van der Waals surface area contributed by atoms with Crippen molar-refractivity contribution in [2.45, 2.75) is 37.0 Å². The lowest BCUT2D eigenvalue weighted by molar-refractivity contribution is 0.441. The van der Waals surface area contributed by atoms with Crippen LogP contribution in [0.3, 0.4) is 0 Å². The minimum Gasteiger partial charge on any atom is -0.338 e. The maximum atomic E-state index is 6.06. The fourth-order valence-electron chi connectivity index (χ4n) is 3.39. The molecule has 0 amide bonds. The summed E-state index contributed by atoms with van der Waals surface area (Å²) in [6.45, 7) is 2.56. The third kappa shape index (κ3) is 3.82. The van der Waals surface area contributed by atoms with Gasteiger partial charge >= 0.3 is 0 Å². The normalized spacial score (nSPS) is 31.2. The second-order valence-corrected chi connectivity index (χ2v) is 6.73. The largest absolute Gasteiger partial charge is 0.338 e. The zero-order chi connectivity index (χ0) is 17.3. The number of nitrogens with two attached hydrogens (primary N) is 5. The molecule has 11 nitrogen and oxygen atoms in total. The van der Waals surface area contributed by atoms with Crippen LogP contribution in [0.2, 0.25) is 0 Å². The van der Waals surface area contributed by atoms with Gasteiger partial charge in [0.05, 0.1) is 0 Å². The van der Waals surface area contributed by atoms with E-state index in [1.807, 2.05) is 9.80 Å². The highest BCUT2D eigenvalue weighted by atomic mass is 15.4. The van der Waals surface area contributed by atoms with Crippen molar-refractivity contribution in [3.8, 4) is 0 Å². The van der Waals surface area contributed by atoms with Crippen LogP contribution in [0.15, 0.2) is 0 Å². The molecule has 0 radical (unpaired) electrons. The molecule has 0 aliphatic carbocycles. The second-order valence-electron chi connectivity index (χ2n) is 6.73. The van der Waals surface area contributed by atoms with Crippen molar-refractivity contribution < 1.29 is 0 Å². The number of hydrogen-bond acceptors (Lipinski definition) is 11. The Bertz CT molecular complexity index is 503. The van der Waals surface area contributed by atoms with Crippen molar-refractivity contribution in [3.63, 3.8) is 0 Å². The number of rotatable bonds is 3. The summed E-state index contributed by atoms with van der Waals surface area (Å²) in [7, 11) is 0. The summed E-state index contributed by atoms with van der Waals surface area (Å²) < 4.78 is 0. The van der Waals surface area contributed by atoms with E-state index >= 15 is 0 Å². The first-order valence-corrected chi connectivity index (χ1v) is 8.19. The molecule has 3 rings (SSSR count). The highest BCUT2D eigenvalue weighted by molar-refractivity contribution is 5.46. The number of hydrazine groups is 1. The third-order valence-corrected chi connectivity index (χ3v) is 4.34. The minimum absolute atomic E-state index is 0.0138. The quantitative estimate of drug-likeness (QED) is 0.242. The fraction of sp³-hybridized carbons (Fsp3) is 0.769. The third-order valence-electron chi connectivity index (χ3n) is 4.34. The molecule has 1 aromatic rings. The summed E-state index contributed by atoms with van der Waals surface area (Å²) in [6.07, 6.45) is 1.57. The maximum Gasteiger partial charge on any atom is 0.243 e. The van der Waals surface area contributed by atoms with Crippen LogP contribution in [0.1, 0.15) is 12.8 Å². The van der Waals surface area contributed by atoms with Gasteiger partial charge in [0.2, 0.25) is 17.8 Å². The molecule has 2 aliphatic heterocycles. The molecule has 0 bridgehead atoms. The van der Waals surface area contributed by atoms with Crippen molar-refractivity contribution >= 4 is 17.8 Å². The average molecular weight is 337 g/mol. The lowest BCUT2D eigenvalue weighted by Crippen LogP contribution is -2.54. The molecule has 3 heterocycles. The number of nitrogens with zero attached hydrogens (tertiary/aromatic N) is 5. The minimum atomic E-state index is -0.0138. The molecular formula is C13H27N11. The predicted octanol–water partition coefficient (Wildman–Crippen LogP) is -3.11. The Morgan fingerprint density at radius 2 is 1.08 bits per heavy atom. The van der Waals surface area contributed by atoms with Gasteiger partial charge in [-0.25, -0.2) is 5.84 Å². The predicted molar refractivity (Wildman–Crippen MR) is 93.2 cm³/mol. The number of aromatic nitrogens is 3. The van der Waals surface area contributed by atoms with E-state index in [0.29, 0.717) is 38.1 Å². The Labute approximate surface area is 140 Å². The van der Waals surface area contributed by atoms with Crippen LogP contribution in [0, 0.1) is 0 Å². The SMILES string of the molecule is NNc1nc(N2C[C@@H](N)C[C@H](N)C2)nc(N2C[C@@H](N)C[C@H](N)C2)n1. The number of nitrogen functional groups attached to an aromatic ring is 1. The van der Waals surface area contributed by atoms with Gasteiger partial charge in [0.1, 0.15) is 0 Å². The fourth-order valence-corrected chi connectivity index (χ4v) is 3.39. The number of hydrogen-bond donors (Lipinski definition) is 6. The van der Waals surface area contributed by atoms with Gasteiger partial charge in [0.15, 0.2) is 0 Å². The molecule has 134 valence electrons. The van der Waals surface area contributed by atoms with E-state index < -0.39 is 0 Å². The van der Waals surface area contributed by atoms with E-state index in [1.54, 1.807) is 0 Å². The van der Waals surface area contributed by atoms with Gasteiger partial charge in [0.25, 0.3) is 0 Å². The van der Waals surface area contributed by atoms with E-state index in [9.17, 15) is 0 Å². The van der Waals surface area contributed by atoms with Crippen LogP contribution in [-0.2, 0) is 0 Å². The molecule has 0 spiro atoms. The van der Waals surface area contributed by atoms with Gasteiger partial charge in [-0.05, 0) is 12.8 Å². The monoisotopic (exact) mass is 337 g/mol. The molecule has 0 saturated carbocycles. The lowest BCUT2D eigenvalue weighted by atomic mass is 10.0. The van der Waals surface area contributed by atoms with Crippen LogP contribution in [0.4, 0.5) is 17.8 Å². The molecule has 4 atom stereocenters. The zero-order valence-corrected chi connectivity index (χ0v) is 13.7. The molecule has 2 saturated heterocycles. The summed E-state index contributed by atoms with van der Waals surface area (Å²) in [4.78, 5) is 17.2. The first kappa shape index (κ1) is 17.0. The van der Waals surface area contributed by atoms with Crippen molar-refractivity contribution in [1.82, 2.24) is 15.0 Å². The molecule has 2 fully saturated rings. The zero-order valence-electron chi connectivity index (χ0n) is 13.7. The van der Waals surface area contributed by atoms with Gasteiger partial charge in [-0.2, -0.15) is 15.0 Å². The van der Waals surface area contributed by atoms with E-state index in [-0.39, 0.29) is 30.1 Å². The van der Waals surface area contributed by atoms with Gasteiger partial charge in [0, 0.05) is 50.3 Å². The van der Waals surface area contributed by atoms with Crippen molar-refractivity contribution in [2.24, 2.45) is 28.8 Å². The van der Waals surface area contributed by atoms with E-state index in [1.165, 1.54) is 0 Å². The molecule has 1 aromatic heterocycles. The molecular weight excluding hydrogens is 310 g/mol. The van der Waals surface area contributed by atoms with Crippen LogP contribution < -0.4 is 44.0 Å². The summed E-state index contributed by atoms with van der Waals surface area (Å²) in [5, 5.41) is 0. The summed E-state index contributed by atoms with van der Waals surface area (Å²) in [5.74, 6) is 6.82. The van der Waals surface area contributed by atoms with E-state index in [0.717, 1.165) is 12.8 Å². The van der Waals surface area contributed by atoms with Crippen LogP contribution in [-0.4, -0.2) is 65.3 Å². The molecule has 24 heavy (non-hydrogen) atoms. The van der Waals surface area contributed by atoms with Crippen molar-refractivity contribution in [3.05, 3.63) is 0 Å². The van der Waals surface area contributed by atoms with Crippen molar-refractivity contribution in [1.29, 1.82) is 0 Å². The average Bonchev–Trinajstić information content (AvgIpc) is 2.52. The van der Waals surface area contributed by atoms with Gasteiger partial charge in [-0.1, -0.05) is 0 Å². The Morgan fingerprint density at radius 1 is 0.708 bits per heavy atom.